The second-order valence-electron chi connectivity index (χ2n) is 8.97. The van der Waals surface area contributed by atoms with Crippen molar-refractivity contribution in [2.75, 3.05) is 12.0 Å². The van der Waals surface area contributed by atoms with Gasteiger partial charge in [0.2, 0.25) is 6.41 Å². The van der Waals surface area contributed by atoms with Gasteiger partial charge in [0.05, 0.1) is 12.5 Å². The van der Waals surface area contributed by atoms with Crippen molar-refractivity contribution in [1.29, 1.82) is 0 Å². The predicted molar refractivity (Wildman–Crippen MR) is 149 cm³/mol. The Morgan fingerprint density at radius 1 is 0.744 bits per heavy atom. The van der Waals surface area contributed by atoms with E-state index in [-0.39, 0.29) is 12.8 Å². The van der Waals surface area contributed by atoms with Crippen LogP contribution < -0.4 is 5.32 Å². The van der Waals surface area contributed by atoms with Crippen LogP contribution >= 0.6 is 11.8 Å². The van der Waals surface area contributed by atoms with Crippen LogP contribution in [0.4, 0.5) is 0 Å². The minimum atomic E-state index is -1.16. The first-order chi connectivity index (χ1) is 18.4. The molecule has 230 valence electrons. The number of hydrogen-bond donors (Lipinski definition) is 7. The molecule has 3 unspecified atom stereocenters. The molecule has 0 radical (unpaired) electrons. The maximum Gasteiger partial charge on any atom is 0.332 e. The third kappa shape index (κ3) is 35.6. The highest BCUT2D eigenvalue weighted by Gasteiger charge is 2.14. The van der Waals surface area contributed by atoms with Gasteiger partial charge in [0.25, 0.3) is 0 Å². The van der Waals surface area contributed by atoms with Gasteiger partial charge in [-0.15, -0.1) is 0 Å². The van der Waals surface area contributed by atoms with E-state index in [1.54, 1.807) is 11.8 Å². The summed E-state index contributed by atoms with van der Waals surface area (Å²) in [5, 5.41) is 53.9. The maximum absolute atomic E-state index is 10.4. The van der Waals surface area contributed by atoms with Crippen molar-refractivity contribution in [3.63, 3.8) is 0 Å². The number of amides is 1. The minimum absolute atomic E-state index is 0.178. The highest BCUT2D eigenvalue weighted by molar-refractivity contribution is 7.98. The Balaban J connectivity index is -0.000000505. The number of unbranched alkanes of at least 4 members (excludes halogenated alkanes) is 8. The zero-order chi connectivity index (χ0) is 30.5. The largest absolute Gasteiger partial charge is 0.481 e. The zero-order valence-corrected chi connectivity index (χ0v) is 24.1. The monoisotopic (exact) mass is 583 g/mol. The molecule has 0 fully saturated rings. The fourth-order valence-electron chi connectivity index (χ4n) is 3.15. The molecule has 13 heteroatoms. The Kier molecular flexibility index (Phi) is 31.8. The molecule has 0 aromatic carbocycles. The lowest BCUT2D eigenvalue weighted by molar-refractivity contribution is -0.147. The van der Waals surface area contributed by atoms with Gasteiger partial charge in [0, 0.05) is 6.42 Å². The van der Waals surface area contributed by atoms with Gasteiger partial charge in [-0.3, -0.25) is 14.4 Å². The lowest BCUT2D eigenvalue weighted by Crippen LogP contribution is -2.36. The van der Waals surface area contributed by atoms with Gasteiger partial charge in [-0.25, -0.2) is 9.59 Å². The molecule has 3 atom stereocenters. The van der Waals surface area contributed by atoms with Crippen LogP contribution in [0.1, 0.15) is 103 Å². The third-order valence-electron chi connectivity index (χ3n) is 5.38. The van der Waals surface area contributed by atoms with Crippen LogP contribution in [0.25, 0.3) is 0 Å². The summed E-state index contributed by atoms with van der Waals surface area (Å²) in [5.41, 5.74) is 0. The van der Waals surface area contributed by atoms with E-state index in [9.17, 15) is 29.1 Å². The van der Waals surface area contributed by atoms with E-state index in [1.165, 1.54) is 19.3 Å². The van der Waals surface area contributed by atoms with Gasteiger partial charge >= 0.3 is 23.9 Å². The lowest BCUT2D eigenvalue weighted by atomic mass is 10.1. The Morgan fingerprint density at radius 2 is 1.28 bits per heavy atom. The quantitative estimate of drug-likeness (QED) is 0.0680. The molecule has 0 aromatic heterocycles. The number of thioether (sulfide) groups is 1. The number of rotatable bonds is 23. The van der Waals surface area contributed by atoms with Gasteiger partial charge in [0.15, 0.2) is 6.10 Å². The van der Waals surface area contributed by atoms with Crippen LogP contribution in [0, 0.1) is 0 Å². The summed E-state index contributed by atoms with van der Waals surface area (Å²) in [6.45, 7) is 2.16. The molecule has 1 amide bonds. The van der Waals surface area contributed by atoms with Crippen molar-refractivity contribution in [2.24, 2.45) is 0 Å². The smallest absolute Gasteiger partial charge is 0.332 e. The Hall–Kier alpha value is -2.38. The second kappa shape index (κ2) is 30.2. The highest BCUT2D eigenvalue weighted by Crippen LogP contribution is 2.10. The van der Waals surface area contributed by atoms with Crippen molar-refractivity contribution in [2.45, 2.75) is 121 Å². The van der Waals surface area contributed by atoms with E-state index in [0.717, 1.165) is 44.3 Å². The van der Waals surface area contributed by atoms with Crippen molar-refractivity contribution < 1.29 is 54.6 Å². The fraction of sp³-hybridized carbons (Fsp3) is 0.808. The molecule has 39 heavy (non-hydrogen) atoms. The first kappa shape index (κ1) is 41.1. The molecule has 0 spiro atoms. The maximum atomic E-state index is 10.4. The molecule has 0 heterocycles. The Labute approximate surface area is 235 Å². The Morgan fingerprint density at radius 3 is 1.74 bits per heavy atom. The average molecular weight is 584 g/mol. The third-order valence-corrected chi connectivity index (χ3v) is 6.03. The van der Waals surface area contributed by atoms with E-state index in [4.69, 9.17) is 25.5 Å². The number of carbonyl (C=O) groups is 5. The Bertz CT molecular complexity index is 649. The number of carboxylic acids is 4. The molecule has 0 saturated carbocycles. The molecule has 7 N–H and O–H groups in total. The summed E-state index contributed by atoms with van der Waals surface area (Å²) < 4.78 is 0. The van der Waals surface area contributed by atoms with Crippen LogP contribution in [0.2, 0.25) is 0 Å². The molecule has 0 saturated heterocycles. The predicted octanol–water partition coefficient (Wildman–Crippen LogP) is 3.37. The molecule has 0 rings (SSSR count). The van der Waals surface area contributed by atoms with Crippen molar-refractivity contribution in [1.82, 2.24) is 5.32 Å². The minimum Gasteiger partial charge on any atom is -0.481 e. The standard InChI is InChI=1S/C10H18O5.C10H20O3.C6H11NO3S/c11-8(7-10(14)15)5-3-1-2-4-6-9(12)13;1-2-3-4-5-6-7-8-9(11)10(12)13;1-11-3-2-5(6(9)10)7-4-8/h8,11H,1-7H2,(H,12,13)(H,14,15);9,11H,2-8H2,1H3,(H,12,13);4-5H,2-3H2,1H3,(H,7,8)(H,9,10). The molecule has 12 nitrogen and oxygen atoms in total. The summed E-state index contributed by atoms with van der Waals surface area (Å²) in [5.74, 6) is -3.13. The van der Waals surface area contributed by atoms with Crippen LogP contribution in [0.15, 0.2) is 0 Å². The van der Waals surface area contributed by atoms with E-state index in [1.807, 2.05) is 6.26 Å². The number of carboxylic acid groups (broad SMARTS) is 4. The van der Waals surface area contributed by atoms with Crippen LogP contribution in [0.5, 0.6) is 0 Å². The second-order valence-corrected chi connectivity index (χ2v) is 9.95. The molecule has 0 aliphatic rings. The lowest BCUT2D eigenvalue weighted by Gasteiger charge is -2.08. The van der Waals surface area contributed by atoms with Crippen molar-refractivity contribution in [3.8, 4) is 0 Å². The van der Waals surface area contributed by atoms with Gasteiger partial charge < -0.3 is 36.0 Å². The van der Waals surface area contributed by atoms with Crippen LogP contribution in [-0.2, 0) is 24.0 Å². The molecule has 0 aliphatic carbocycles. The summed E-state index contributed by atoms with van der Waals surface area (Å²) >= 11 is 1.55. The van der Waals surface area contributed by atoms with Gasteiger partial charge in [-0.1, -0.05) is 64.7 Å². The van der Waals surface area contributed by atoms with Gasteiger partial charge in [-0.05, 0) is 37.7 Å². The molecule has 0 aliphatic heterocycles. The van der Waals surface area contributed by atoms with E-state index in [2.05, 4.69) is 12.2 Å². The summed E-state index contributed by atoms with van der Waals surface area (Å²) in [7, 11) is 0. The van der Waals surface area contributed by atoms with Crippen LogP contribution in [0.3, 0.4) is 0 Å². The van der Waals surface area contributed by atoms with E-state index >= 15 is 0 Å². The molecule has 0 bridgehead atoms. The number of hydrogen-bond acceptors (Lipinski definition) is 8. The van der Waals surface area contributed by atoms with E-state index in [0.29, 0.717) is 32.1 Å². The number of carbonyl (C=O) groups excluding carboxylic acids is 1. The summed E-state index contributed by atoms with van der Waals surface area (Å²) in [6, 6.07) is -0.736. The number of aliphatic hydroxyl groups is 2. The van der Waals surface area contributed by atoms with Crippen molar-refractivity contribution in [3.05, 3.63) is 0 Å². The number of nitrogens with one attached hydrogen (secondary N) is 1. The molecular weight excluding hydrogens is 534 g/mol. The number of aliphatic hydroxyl groups excluding tert-OH is 2. The summed E-state index contributed by atoms with van der Waals surface area (Å²) in [4.78, 5) is 50.8. The first-order valence-electron chi connectivity index (χ1n) is 13.4. The molecular formula is C26H49NO11S. The first-order valence-corrected chi connectivity index (χ1v) is 14.8. The SMILES string of the molecule is CCCCCCCCC(O)C(=O)O.CSCCC(NC=O)C(=O)O.O=C(O)CCCCCCC(O)CC(=O)O. The van der Waals surface area contributed by atoms with Gasteiger partial charge in [0.1, 0.15) is 6.04 Å². The van der Waals surface area contributed by atoms with Crippen molar-refractivity contribution >= 4 is 42.0 Å². The highest BCUT2D eigenvalue weighted by atomic mass is 32.2. The zero-order valence-electron chi connectivity index (χ0n) is 23.3. The average Bonchev–Trinajstić information content (AvgIpc) is 2.85. The fourth-order valence-corrected chi connectivity index (χ4v) is 3.62. The summed E-state index contributed by atoms with van der Waals surface area (Å²) in [6.07, 6.45) is 11.4. The normalized spacial score (nSPS) is 12.4. The molecule has 0 aromatic rings. The van der Waals surface area contributed by atoms with Crippen LogP contribution in [-0.4, -0.2) is 91.2 Å². The van der Waals surface area contributed by atoms with Gasteiger partial charge in [-0.2, -0.15) is 11.8 Å². The number of aliphatic carboxylic acids is 4. The van der Waals surface area contributed by atoms with E-state index < -0.39 is 42.1 Å². The topological polar surface area (TPSA) is 219 Å².